The smallest absolute Gasteiger partial charge is 0.408 e. The zero-order chi connectivity index (χ0) is 22.4. The van der Waals surface area contributed by atoms with Gasteiger partial charge in [-0.2, -0.15) is 0 Å². The molecular weight excluding hydrogens is 390 g/mol. The predicted molar refractivity (Wildman–Crippen MR) is 119 cm³/mol. The van der Waals surface area contributed by atoms with Gasteiger partial charge in [0.15, 0.2) is 17.2 Å². The fourth-order valence-corrected chi connectivity index (χ4v) is 7.59. The summed E-state index contributed by atoms with van der Waals surface area (Å²) in [7, 11) is 0. The summed E-state index contributed by atoms with van der Waals surface area (Å²) in [5.41, 5.74) is -0.160. The molecule has 1 amide bonds. The van der Waals surface area contributed by atoms with Crippen molar-refractivity contribution in [2.45, 2.75) is 84.7 Å². The number of ether oxygens (including phenoxy) is 1. The second-order valence-corrected chi connectivity index (χ2v) is 10.5. The Bertz CT molecular complexity index is 844. The number of amides is 1. The maximum atomic E-state index is 13.3. The summed E-state index contributed by atoms with van der Waals surface area (Å²) in [5, 5.41) is 2.82. The highest BCUT2D eigenvalue weighted by molar-refractivity contribution is 6.01. The molecule has 5 heteroatoms. The summed E-state index contributed by atoms with van der Waals surface area (Å²) in [6.07, 6.45) is 11.9. The van der Waals surface area contributed by atoms with Gasteiger partial charge >= 0.3 is 6.09 Å². The van der Waals surface area contributed by atoms with Crippen LogP contribution in [-0.2, 0) is 14.3 Å². The van der Waals surface area contributed by atoms with Crippen LogP contribution in [0.1, 0.15) is 79.1 Å². The van der Waals surface area contributed by atoms with E-state index >= 15 is 0 Å². The molecule has 6 atom stereocenters. The first-order valence-corrected chi connectivity index (χ1v) is 12.2. The number of rotatable bonds is 5. The Morgan fingerprint density at radius 3 is 2.58 bits per heavy atom. The fourth-order valence-electron chi connectivity index (χ4n) is 7.59. The molecule has 0 saturated heterocycles. The maximum absolute atomic E-state index is 13.3. The molecule has 0 aliphatic heterocycles. The molecule has 4 rings (SSSR count). The quantitative estimate of drug-likeness (QED) is 0.659. The van der Waals surface area contributed by atoms with E-state index in [1.807, 2.05) is 19.9 Å². The molecule has 0 aromatic rings. The van der Waals surface area contributed by atoms with Crippen LogP contribution in [0.2, 0.25) is 0 Å². The van der Waals surface area contributed by atoms with Crippen LogP contribution < -0.4 is 5.32 Å². The third-order valence-corrected chi connectivity index (χ3v) is 9.23. The number of ketones is 2. The number of nitrogens with one attached hydrogen (secondary N) is 1. The molecule has 4 aliphatic rings. The first kappa shape index (κ1) is 22.3. The molecule has 170 valence electrons. The number of allylic oxidation sites excluding steroid dienone is 4. The first-order valence-electron chi connectivity index (χ1n) is 12.2. The molecule has 0 spiro atoms. The van der Waals surface area contributed by atoms with Gasteiger partial charge in [0.1, 0.15) is 0 Å². The number of fused-ring (bicyclic) bond motifs is 5. The van der Waals surface area contributed by atoms with E-state index in [1.54, 1.807) is 6.08 Å². The van der Waals surface area contributed by atoms with Crippen molar-refractivity contribution in [2.75, 3.05) is 6.54 Å². The summed E-state index contributed by atoms with van der Waals surface area (Å²) in [6, 6.07) is 0. The van der Waals surface area contributed by atoms with Gasteiger partial charge in [0.05, 0.1) is 0 Å². The van der Waals surface area contributed by atoms with Gasteiger partial charge in [0.25, 0.3) is 0 Å². The SMILES string of the molecule is CCCNC(=O)O[C@]1(C(=O)CC)CC[C@H]2[C@@H]3CCC4=CC(=O)C=C[C@]4(C)[C@H]3CC[C@@]21C. The van der Waals surface area contributed by atoms with Crippen molar-refractivity contribution < 1.29 is 19.1 Å². The number of hydrogen-bond donors (Lipinski definition) is 1. The molecule has 31 heavy (non-hydrogen) atoms. The Labute approximate surface area is 186 Å². The van der Waals surface area contributed by atoms with Crippen molar-refractivity contribution in [1.29, 1.82) is 0 Å². The van der Waals surface area contributed by atoms with Gasteiger partial charge < -0.3 is 10.1 Å². The van der Waals surface area contributed by atoms with Crippen LogP contribution in [0.4, 0.5) is 4.79 Å². The number of carbonyl (C=O) groups is 3. The molecule has 0 radical (unpaired) electrons. The minimum absolute atomic E-state index is 0.0633. The molecule has 0 aromatic carbocycles. The zero-order valence-electron chi connectivity index (χ0n) is 19.5. The average molecular weight is 428 g/mol. The van der Waals surface area contributed by atoms with Crippen LogP contribution in [0.15, 0.2) is 23.8 Å². The molecule has 0 bridgehead atoms. The van der Waals surface area contributed by atoms with Crippen molar-refractivity contribution in [3.63, 3.8) is 0 Å². The molecular formula is C26H37NO4. The van der Waals surface area contributed by atoms with E-state index in [0.717, 1.165) is 38.5 Å². The van der Waals surface area contributed by atoms with Crippen LogP contribution in [0, 0.1) is 28.6 Å². The predicted octanol–water partition coefficient (Wildman–Crippen LogP) is 5.15. The number of hydrogen-bond acceptors (Lipinski definition) is 4. The monoisotopic (exact) mass is 427 g/mol. The molecule has 3 saturated carbocycles. The maximum Gasteiger partial charge on any atom is 0.408 e. The highest BCUT2D eigenvalue weighted by Gasteiger charge is 2.68. The minimum Gasteiger partial charge on any atom is -0.434 e. The summed E-state index contributed by atoms with van der Waals surface area (Å²) >= 11 is 0. The van der Waals surface area contributed by atoms with Gasteiger partial charge in [0.2, 0.25) is 0 Å². The van der Waals surface area contributed by atoms with Gasteiger partial charge in [-0.15, -0.1) is 0 Å². The van der Waals surface area contributed by atoms with Crippen molar-refractivity contribution in [3.8, 4) is 0 Å². The van der Waals surface area contributed by atoms with Gasteiger partial charge in [-0.1, -0.05) is 39.3 Å². The first-order chi connectivity index (χ1) is 14.7. The second-order valence-electron chi connectivity index (χ2n) is 10.5. The summed E-state index contributed by atoms with van der Waals surface area (Å²) in [6.45, 7) is 8.92. The lowest BCUT2D eigenvalue weighted by Gasteiger charge is -2.58. The lowest BCUT2D eigenvalue weighted by molar-refractivity contribution is -0.161. The van der Waals surface area contributed by atoms with E-state index in [4.69, 9.17) is 4.74 Å². The Kier molecular flexibility index (Phi) is 5.68. The van der Waals surface area contributed by atoms with Gasteiger partial charge in [-0.25, -0.2) is 4.79 Å². The Hall–Kier alpha value is -1.91. The normalized spacial score (nSPS) is 41.0. The molecule has 0 unspecified atom stereocenters. The second kappa shape index (κ2) is 7.90. The van der Waals surface area contributed by atoms with Crippen LogP contribution in [0.3, 0.4) is 0 Å². The van der Waals surface area contributed by atoms with Crippen LogP contribution in [0.25, 0.3) is 0 Å². The molecule has 5 nitrogen and oxygen atoms in total. The standard InChI is InChI=1S/C26H37NO4/c1-5-15-27-23(30)31-26(22(29)6-2)14-11-21-19-8-7-17-16-18(28)9-12-24(17,3)20(19)10-13-25(21,26)4/h9,12,16,19-21H,5-8,10-11,13-15H2,1-4H3,(H,27,30)/t19-,20+,21+,24+,25+,26+/m1/s1. The van der Waals surface area contributed by atoms with E-state index in [9.17, 15) is 14.4 Å². The van der Waals surface area contributed by atoms with Gasteiger partial charge in [-0.3, -0.25) is 9.59 Å². The molecule has 1 N–H and O–H groups in total. The molecule has 0 aromatic heterocycles. The van der Waals surface area contributed by atoms with E-state index in [2.05, 4.69) is 25.2 Å². The topological polar surface area (TPSA) is 72.5 Å². The zero-order valence-corrected chi connectivity index (χ0v) is 19.5. The Morgan fingerprint density at radius 1 is 1.13 bits per heavy atom. The summed E-state index contributed by atoms with van der Waals surface area (Å²) < 4.78 is 6.08. The minimum atomic E-state index is -1.02. The molecule has 0 heterocycles. The fraction of sp³-hybridized carbons (Fsp3) is 0.731. The van der Waals surface area contributed by atoms with Crippen molar-refractivity contribution >= 4 is 17.7 Å². The van der Waals surface area contributed by atoms with Crippen molar-refractivity contribution in [2.24, 2.45) is 28.6 Å². The number of alkyl carbamates (subject to hydrolysis) is 1. The Balaban J connectivity index is 1.66. The van der Waals surface area contributed by atoms with E-state index in [0.29, 0.717) is 37.1 Å². The third-order valence-electron chi connectivity index (χ3n) is 9.23. The van der Waals surface area contributed by atoms with Gasteiger partial charge in [-0.05, 0) is 74.9 Å². The van der Waals surface area contributed by atoms with Crippen molar-refractivity contribution in [3.05, 3.63) is 23.8 Å². The molecule has 4 aliphatic carbocycles. The summed E-state index contributed by atoms with van der Waals surface area (Å²) in [4.78, 5) is 37.9. The van der Waals surface area contributed by atoms with Crippen molar-refractivity contribution in [1.82, 2.24) is 5.32 Å². The highest BCUT2D eigenvalue weighted by atomic mass is 16.6. The lowest BCUT2D eigenvalue weighted by Crippen LogP contribution is -2.59. The number of Topliss-reactive ketones (excluding diaryl/α,β-unsaturated/α-hetero) is 1. The molecule has 3 fully saturated rings. The van der Waals surface area contributed by atoms with Crippen LogP contribution >= 0.6 is 0 Å². The largest absolute Gasteiger partial charge is 0.434 e. The van der Waals surface area contributed by atoms with Crippen LogP contribution in [-0.4, -0.2) is 29.8 Å². The van der Waals surface area contributed by atoms with E-state index in [1.165, 1.54) is 5.57 Å². The van der Waals surface area contributed by atoms with Crippen LogP contribution in [0.5, 0.6) is 0 Å². The van der Waals surface area contributed by atoms with E-state index < -0.39 is 11.7 Å². The third kappa shape index (κ3) is 3.22. The summed E-state index contributed by atoms with van der Waals surface area (Å²) in [5.74, 6) is 1.47. The average Bonchev–Trinajstić information content (AvgIpc) is 3.05. The van der Waals surface area contributed by atoms with E-state index in [-0.39, 0.29) is 22.4 Å². The number of carbonyl (C=O) groups excluding carboxylic acids is 3. The lowest BCUT2D eigenvalue weighted by atomic mass is 9.47. The van der Waals surface area contributed by atoms with Gasteiger partial charge in [0, 0.05) is 23.8 Å². The Morgan fingerprint density at radius 2 is 1.87 bits per heavy atom. The highest BCUT2D eigenvalue weighted by Crippen LogP contribution is 2.68.